The Morgan fingerprint density at radius 2 is 1.03 bits per heavy atom. The van der Waals surface area contributed by atoms with Crippen LogP contribution in [0.3, 0.4) is 0 Å². The first-order valence-corrected chi connectivity index (χ1v) is 10.7. The summed E-state index contributed by atoms with van der Waals surface area (Å²) in [6, 6.07) is 22.5. The molecular formula is C28H20N2O4. The molecule has 3 aromatic carbocycles. The maximum atomic E-state index is 12.3. The predicted molar refractivity (Wildman–Crippen MR) is 130 cm³/mol. The van der Waals surface area contributed by atoms with E-state index in [1.807, 2.05) is 62.4 Å². The van der Waals surface area contributed by atoms with Gasteiger partial charge in [-0.2, -0.15) is 0 Å². The van der Waals surface area contributed by atoms with Gasteiger partial charge in [0.05, 0.1) is 0 Å². The van der Waals surface area contributed by atoms with E-state index >= 15 is 0 Å². The smallest absolute Gasteiger partial charge is 0.363 e. The Labute approximate surface area is 196 Å². The second kappa shape index (κ2) is 8.75. The molecule has 0 saturated heterocycles. The van der Waals surface area contributed by atoms with Crippen molar-refractivity contribution in [3.8, 4) is 0 Å². The number of carbonyl (C=O) groups is 2. The number of rotatable bonds is 4. The van der Waals surface area contributed by atoms with Gasteiger partial charge in [-0.15, -0.1) is 0 Å². The zero-order valence-corrected chi connectivity index (χ0v) is 18.6. The lowest BCUT2D eigenvalue weighted by Crippen LogP contribution is -2.09. The third-order valence-corrected chi connectivity index (χ3v) is 5.36. The van der Waals surface area contributed by atoms with Crippen molar-refractivity contribution in [2.24, 2.45) is 9.98 Å². The monoisotopic (exact) mass is 448 g/mol. The molecule has 6 nitrogen and oxygen atoms in total. The Kier molecular flexibility index (Phi) is 5.47. The molecule has 2 heterocycles. The van der Waals surface area contributed by atoms with Crippen molar-refractivity contribution in [3.63, 3.8) is 0 Å². The van der Waals surface area contributed by atoms with Crippen LogP contribution < -0.4 is 0 Å². The highest BCUT2D eigenvalue weighted by atomic mass is 16.6. The molecule has 0 bridgehead atoms. The van der Waals surface area contributed by atoms with Gasteiger partial charge >= 0.3 is 11.9 Å². The van der Waals surface area contributed by atoms with Gasteiger partial charge in [0.2, 0.25) is 11.8 Å². The van der Waals surface area contributed by atoms with Crippen molar-refractivity contribution >= 4 is 35.9 Å². The Bertz CT molecular complexity index is 1320. The first-order valence-electron chi connectivity index (χ1n) is 10.7. The van der Waals surface area contributed by atoms with Gasteiger partial charge in [0.25, 0.3) is 0 Å². The molecule has 0 aliphatic carbocycles. The molecule has 2 aliphatic heterocycles. The van der Waals surface area contributed by atoms with E-state index in [2.05, 4.69) is 9.98 Å². The number of cyclic esters (lactones) is 2. The van der Waals surface area contributed by atoms with Gasteiger partial charge in [-0.05, 0) is 55.3 Å². The average molecular weight is 448 g/mol. The number of hydrogen-bond donors (Lipinski definition) is 0. The van der Waals surface area contributed by atoms with E-state index in [-0.39, 0.29) is 23.2 Å². The van der Waals surface area contributed by atoms with Crippen molar-refractivity contribution in [3.05, 3.63) is 118 Å². The van der Waals surface area contributed by atoms with E-state index in [9.17, 15) is 9.59 Å². The second-order valence-electron chi connectivity index (χ2n) is 8.07. The quantitative estimate of drug-likeness (QED) is 0.416. The Morgan fingerprint density at radius 1 is 0.618 bits per heavy atom. The number of ether oxygens (including phenoxy) is 2. The minimum atomic E-state index is -0.520. The summed E-state index contributed by atoms with van der Waals surface area (Å²) in [5, 5.41) is 0. The number of aryl methyl sites for hydroxylation is 2. The van der Waals surface area contributed by atoms with Crippen molar-refractivity contribution in [1.29, 1.82) is 0 Å². The molecular weight excluding hydrogens is 428 g/mol. The minimum absolute atomic E-state index is 0.186. The van der Waals surface area contributed by atoms with Gasteiger partial charge in [0.15, 0.2) is 11.4 Å². The highest BCUT2D eigenvalue weighted by molar-refractivity contribution is 6.15. The van der Waals surface area contributed by atoms with Gasteiger partial charge in [-0.25, -0.2) is 19.6 Å². The van der Waals surface area contributed by atoms with Crippen LogP contribution in [-0.2, 0) is 19.1 Å². The van der Waals surface area contributed by atoms with E-state index in [0.717, 1.165) is 22.3 Å². The van der Waals surface area contributed by atoms with E-state index in [1.165, 1.54) is 0 Å². The number of benzene rings is 3. The third-order valence-electron chi connectivity index (χ3n) is 5.36. The minimum Gasteiger partial charge on any atom is -0.402 e. The molecule has 166 valence electrons. The van der Waals surface area contributed by atoms with Crippen LogP contribution in [0.25, 0.3) is 12.2 Å². The van der Waals surface area contributed by atoms with Gasteiger partial charge in [0.1, 0.15) is 0 Å². The number of nitrogens with zero attached hydrogens (tertiary/aromatic N) is 2. The molecule has 0 fully saturated rings. The maximum Gasteiger partial charge on any atom is 0.363 e. The van der Waals surface area contributed by atoms with Crippen LogP contribution in [0.4, 0.5) is 0 Å². The zero-order valence-electron chi connectivity index (χ0n) is 18.6. The number of aliphatic imine (C=N–C) groups is 2. The van der Waals surface area contributed by atoms with Crippen LogP contribution in [-0.4, -0.2) is 23.7 Å². The molecule has 34 heavy (non-hydrogen) atoms. The molecule has 3 aromatic rings. The molecule has 0 aromatic heterocycles. The summed E-state index contributed by atoms with van der Waals surface area (Å²) in [7, 11) is 0. The fourth-order valence-corrected chi connectivity index (χ4v) is 3.49. The molecule has 6 heteroatoms. The van der Waals surface area contributed by atoms with Gasteiger partial charge < -0.3 is 9.47 Å². The summed E-state index contributed by atoms with van der Waals surface area (Å²) in [6.07, 6.45) is 3.37. The number of carbonyl (C=O) groups excluding carboxylic acids is 2. The average Bonchev–Trinajstić information content (AvgIpc) is 3.39. The first-order chi connectivity index (χ1) is 16.4. The number of esters is 2. The molecule has 0 saturated carbocycles. The van der Waals surface area contributed by atoms with Gasteiger partial charge in [-0.1, -0.05) is 65.7 Å². The lowest BCUT2D eigenvalue weighted by Gasteiger charge is -2.03. The first kappa shape index (κ1) is 21.3. The highest BCUT2D eigenvalue weighted by Gasteiger charge is 2.27. The Hall–Kier alpha value is -4.58. The van der Waals surface area contributed by atoms with Crippen molar-refractivity contribution in [2.75, 3.05) is 0 Å². The van der Waals surface area contributed by atoms with Crippen LogP contribution in [0.5, 0.6) is 0 Å². The standard InChI is InChI=1S/C28H20N2O4/c1-17-6-10-19(11-7-17)14-23-27(31)33-25(29-23)21-4-3-5-22(16-21)26-30-24(28(32)34-26)15-20-12-8-18(2)9-13-20/h3-16H,1-2H3/b23-14-,24-15-. The Balaban J connectivity index is 1.41. The van der Waals surface area contributed by atoms with E-state index in [0.29, 0.717) is 11.1 Å². The van der Waals surface area contributed by atoms with Crippen LogP contribution in [0.2, 0.25) is 0 Å². The SMILES string of the molecule is Cc1ccc(/C=C2\N=C(c3cccc(C4=N/C(=C\c5ccc(C)cc5)C(=O)O4)c3)OC2=O)cc1. The maximum absolute atomic E-state index is 12.3. The highest BCUT2D eigenvalue weighted by Crippen LogP contribution is 2.23. The largest absolute Gasteiger partial charge is 0.402 e. The molecule has 5 rings (SSSR count). The third kappa shape index (κ3) is 4.47. The number of hydrogen-bond acceptors (Lipinski definition) is 6. The summed E-state index contributed by atoms with van der Waals surface area (Å²) in [5.74, 6) is -0.668. The molecule has 0 unspecified atom stereocenters. The van der Waals surface area contributed by atoms with Crippen LogP contribution in [0.1, 0.15) is 33.4 Å². The summed E-state index contributed by atoms with van der Waals surface area (Å²) < 4.78 is 10.8. The second-order valence-corrected chi connectivity index (χ2v) is 8.07. The zero-order chi connectivity index (χ0) is 23.7. The summed E-state index contributed by atoms with van der Waals surface area (Å²) >= 11 is 0. The van der Waals surface area contributed by atoms with E-state index < -0.39 is 11.9 Å². The topological polar surface area (TPSA) is 77.3 Å². The normalized spacial score (nSPS) is 17.6. The lowest BCUT2D eigenvalue weighted by atomic mass is 10.1. The van der Waals surface area contributed by atoms with Crippen molar-refractivity contribution < 1.29 is 19.1 Å². The van der Waals surface area contributed by atoms with Crippen LogP contribution in [0, 0.1) is 13.8 Å². The summed E-state index contributed by atoms with van der Waals surface area (Å²) in [6.45, 7) is 3.99. The molecule has 0 N–H and O–H groups in total. The molecule has 0 amide bonds. The van der Waals surface area contributed by atoms with Crippen LogP contribution >= 0.6 is 0 Å². The van der Waals surface area contributed by atoms with Crippen LogP contribution in [0.15, 0.2) is 94.2 Å². The van der Waals surface area contributed by atoms with E-state index in [4.69, 9.17) is 9.47 Å². The fraction of sp³-hybridized carbons (Fsp3) is 0.0714. The molecule has 0 atom stereocenters. The summed E-state index contributed by atoms with van der Waals surface area (Å²) in [5.41, 5.74) is 5.57. The predicted octanol–water partition coefficient (Wildman–Crippen LogP) is 4.99. The fourth-order valence-electron chi connectivity index (χ4n) is 3.49. The van der Waals surface area contributed by atoms with E-state index in [1.54, 1.807) is 36.4 Å². The lowest BCUT2D eigenvalue weighted by molar-refractivity contribution is -0.130. The van der Waals surface area contributed by atoms with Gasteiger partial charge in [0, 0.05) is 11.1 Å². The Morgan fingerprint density at radius 3 is 1.44 bits per heavy atom. The van der Waals surface area contributed by atoms with Crippen molar-refractivity contribution in [1.82, 2.24) is 0 Å². The summed E-state index contributed by atoms with van der Waals surface area (Å²) in [4.78, 5) is 33.4. The molecule has 0 spiro atoms. The van der Waals surface area contributed by atoms with Crippen molar-refractivity contribution in [2.45, 2.75) is 13.8 Å². The molecule has 0 radical (unpaired) electrons. The van der Waals surface area contributed by atoms with Gasteiger partial charge in [-0.3, -0.25) is 0 Å². The molecule has 2 aliphatic rings.